The lowest BCUT2D eigenvalue weighted by molar-refractivity contribution is -0.133. The van der Waals surface area contributed by atoms with Crippen LogP contribution < -0.4 is 0 Å². The summed E-state index contributed by atoms with van der Waals surface area (Å²) in [6.07, 6.45) is 7.62. The van der Waals surface area contributed by atoms with Gasteiger partial charge >= 0.3 is 5.97 Å². The number of fused-ring (bicyclic) bond motifs is 1. The molecule has 0 radical (unpaired) electrons. The number of carbonyl (C=O) groups excluding carboxylic acids is 1. The maximum absolute atomic E-state index is 14.5. The van der Waals surface area contributed by atoms with Crippen molar-refractivity contribution in [1.29, 1.82) is 0 Å². The van der Waals surface area contributed by atoms with E-state index in [4.69, 9.17) is 0 Å². The average molecular weight is 520 g/mol. The highest BCUT2D eigenvalue weighted by atomic mass is 19.1. The molecule has 1 aromatic heterocycles. The molecule has 2 aliphatic rings. The number of hydrogen-bond donors (Lipinski definition) is 1. The van der Waals surface area contributed by atoms with E-state index in [2.05, 4.69) is 19.0 Å². The molecule has 1 aliphatic carbocycles. The van der Waals surface area contributed by atoms with Gasteiger partial charge in [0, 0.05) is 30.6 Å². The topological polar surface area (TPSA) is 65.8 Å². The molecule has 1 N–H and O–H groups in total. The first-order chi connectivity index (χ1) is 18.3. The van der Waals surface area contributed by atoms with E-state index in [0.29, 0.717) is 5.92 Å². The van der Waals surface area contributed by atoms with Gasteiger partial charge in [0.15, 0.2) is 0 Å². The summed E-state index contributed by atoms with van der Waals surface area (Å²) in [5.41, 5.74) is 3.63. The maximum atomic E-state index is 14.5. The lowest BCUT2D eigenvalue weighted by Gasteiger charge is -2.34. The summed E-state index contributed by atoms with van der Waals surface area (Å²) in [5.74, 6) is -0.577. The van der Waals surface area contributed by atoms with Crippen LogP contribution in [0.25, 0.3) is 22.2 Å². The van der Waals surface area contributed by atoms with Gasteiger partial charge < -0.3 is 19.5 Å². The Hall–Kier alpha value is -3.19. The Morgan fingerprint density at radius 2 is 1.82 bits per heavy atom. The molecule has 38 heavy (non-hydrogen) atoms. The third kappa shape index (κ3) is 5.48. The largest absolute Gasteiger partial charge is 0.478 e. The van der Waals surface area contributed by atoms with Crippen LogP contribution in [-0.4, -0.2) is 65.1 Å². The van der Waals surface area contributed by atoms with E-state index in [-0.39, 0.29) is 29.8 Å². The molecule has 2 heterocycles. The van der Waals surface area contributed by atoms with E-state index in [0.717, 1.165) is 85.9 Å². The Bertz CT molecular complexity index is 1330. The Morgan fingerprint density at radius 1 is 1.03 bits per heavy atom. The highest BCUT2D eigenvalue weighted by Gasteiger charge is 2.30. The van der Waals surface area contributed by atoms with E-state index in [1.54, 1.807) is 18.2 Å². The second-order valence-corrected chi connectivity index (χ2v) is 11.3. The molecule has 202 valence electrons. The van der Waals surface area contributed by atoms with Gasteiger partial charge in [-0.2, -0.15) is 0 Å². The molecule has 1 saturated heterocycles. The van der Waals surface area contributed by atoms with Crippen molar-refractivity contribution in [2.45, 2.75) is 57.4 Å². The lowest BCUT2D eigenvalue weighted by atomic mass is 9.81. The maximum Gasteiger partial charge on any atom is 0.335 e. The predicted molar refractivity (Wildman–Crippen MR) is 148 cm³/mol. The van der Waals surface area contributed by atoms with E-state index in [1.165, 1.54) is 18.6 Å². The molecule has 1 saturated carbocycles. The van der Waals surface area contributed by atoms with Gasteiger partial charge in [-0.05, 0) is 81.4 Å². The number of benzene rings is 2. The molecule has 3 aromatic rings. The smallest absolute Gasteiger partial charge is 0.335 e. The van der Waals surface area contributed by atoms with Gasteiger partial charge in [0.05, 0.1) is 16.8 Å². The van der Waals surface area contributed by atoms with Crippen molar-refractivity contribution in [1.82, 2.24) is 14.4 Å². The first-order valence-electron chi connectivity index (χ1n) is 13.9. The molecule has 1 aliphatic heterocycles. The zero-order chi connectivity index (χ0) is 26.8. The minimum Gasteiger partial charge on any atom is -0.478 e. The monoisotopic (exact) mass is 519 g/mol. The molecule has 0 bridgehead atoms. The van der Waals surface area contributed by atoms with Crippen LogP contribution in [-0.2, 0) is 11.3 Å². The Labute approximate surface area is 224 Å². The summed E-state index contributed by atoms with van der Waals surface area (Å²) >= 11 is 0. The Morgan fingerprint density at radius 3 is 2.53 bits per heavy atom. The number of likely N-dealkylation sites (tertiary alicyclic amines) is 1. The number of amides is 1. The third-order valence-corrected chi connectivity index (χ3v) is 8.25. The Kier molecular flexibility index (Phi) is 7.84. The zero-order valence-electron chi connectivity index (χ0n) is 22.5. The number of rotatable bonds is 7. The summed E-state index contributed by atoms with van der Waals surface area (Å²) < 4.78 is 16.5. The molecule has 0 spiro atoms. The van der Waals surface area contributed by atoms with Gasteiger partial charge in [-0.15, -0.1) is 0 Å². The number of carboxylic acid groups (broad SMARTS) is 1. The van der Waals surface area contributed by atoms with Crippen LogP contribution in [0.4, 0.5) is 4.39 Å². The first-order valence-corrected chi connectivity index (χ1v) is 13.9. The van der Waals surface area contributed by atoms with E-state index >= 15 is 0 Å². The van der Waals surface area contributed by atoms with E-state index < -0.39 is 5.97 Å². The van der Waals surface area contributed by atoms with Gasteiger partial charge in [0.1, 0.15) is 12.4 Å². The molecular weight excluding hydrogens is 481 g/mol. The van der Waals surface area contributed by atoms with Crippen LogP contribution >= 0.6 is 0 Å². The number of carbonyl (C=O) groups is 2. The third-order valence-electron chi connectivity index (χ3n) is 8.25. The molecule has 6 nitrogen and oxygen atoms in total. The fraction of sp³-hybridized carbons (Fsp3) is 0.484. The molecule has 5 rings (SSSR count). The van der Waals surface area contributed by atoms with Crippen LogP contribution in [0.1, 0.15) is 66.8 Å². The van der Waals surface area contributed by atoms with Crippen molar-refractivity contribution >= 4 is 22.8 Å². The number of halogens is 1. The fourth-order valence-corrected chi connectivity index (χ4v) is 6.62. The van der Waals surface area contributed by atoms with Crippen LogP contribution in [0.15, 0.2) is 42.5 Å². The van der Waals surface area contributed by atoms with Gasteiger partial charge in [0.25, 0.3) is 0 Å². The molecule has 2 fully saturated rings. The molecular formula is C31H38FN3O3. The summed E-state index contributed by atoms with van der Waals surface area (Å²) in [4.78, 5) is 29.8. The van der Waals surface area contributed by atoms with Gasteiger partial charge in [-0.1, -0.05) is 37.5 Å². The van der Waals surface area contributed by atoms with Crippen LogP contribution in [0.3, 0.4) is 0 Å². The summed E-state index contributed by atoms with van der Waals surface area (Å²) in [5, 5.41) is 10.7. The first kappa shape index (κ1) is 26.4. The SMILES string of the molecule is CN(C)CC1CCCN(C(=O)Cn2c(-c3cccc(F)c3)c(C3CCCCC3)c3ccc(C(=O)O)cc32)C1. The summed E-state index contributed by atoms with van der Waals surface area (Å²) in [6.45, 7) is 2.50. The molecule has 1 amide bonds. The van der Waals surface area contributed by atoms with Gasteiger partial charge in [-0.3, -0.25) is 4.79 Å². The molecule has 7 heteroatoms. The summed E-state index contributed by atoms with van der Waals surface area (Å²) in [6, 6.07) is 11.8. The second-order valence-electron chi connectivity index (χ2n) is 11.3. The number of aromatic carboxylic acids is 1. The van der Waals surface area contributed by atoms with E-state index in [1.807, 2.05) is 21.6 Å². The minimum atomic E-state index is -1.000. The van der Waals surface area contributed by atoms with Crippen molar-refractivity contribution in [2.75, 3.05) is 33.7 Å². The average Bonchev–Trinajstić information content (AvgIpc) is 3.22. The molecule has 1 unspecified atom stereocenters. The predicted octanol–water partition coefficient (Wildman–Crippen LogP) is 5.99. The highest BCUT2D eigenvalue weighted by Crippen LogP contribution is 2.44. The molecule has 1 atom stereocenters. The standard InChI is InChI=1S/C31H38FN3O3/c1-33(2)18-21-8-7-15-34(19-21)28(36)20-35-27-17-24(31(37)38)13-14-26(27)29(22-9-4-3-5-10-22)30(35)23-11-6-12-25(32)16-23/h6,11-14,16-17,21-22H,3-5,7-10,15,18-20H2,1-2H3,(H,37,38). The fourth-order valence-electron chi connectivity index (χ4n) is 6.62. The highest BCUT2D eigenvalue weighted by molar-refractivity contribution is 5.99. The second kappa shape index (κ2) is 11.3. The van der Waals surface area contributed by atoms with Crippen molar-refractivity contribution in [2.24, 2.45) is 5.92 Å². The van der Waals surface area contributed by atoms with Crippen molar-refractivity contribution < 1.29 is 19.1 Å². The number of piperidine rings is 1. The number of hydrogen-bond acceptors (Lipinski definition) is 3. The van der Waals surface area contributed by atoms with Gasteiger partial charge in [0.2, 0.25) is 5.91 Å². The van der Waals surface area contributed by atoms with Crippen LogP contribution in [0, 0.1) is 11.7 Å². The quantitative estimate of drug-likeness (QED) is 0.416. The summed E-state index contributed by atoms with van der Waals surface area (Å²) in [7, 11) is 4.12. The number of nitrogens with zero attached hydrogens (tertiary/aromatic N) is 3. The van der Waals surface area contributed by atoms with Crippen LogP contribution in [0.2, 0.25) is 0 Å². The van der Waals surface area contributed by atoms with Crippen molar-refractivity contribution in [3.63, 3.8) is 0 Å². The number of carboxylic acids is 1. The van der Waals surface area contributed by atoms with Crippen LogP contribution in [0.5, 0.6) is 0 Å². The van der Waals surface area contributed by atoms with Crippen molar-refractivity contribution in [3.05, 3.63) is 59.4 Å². The zero-order valence-corrected chi connectivity index (χ0v) is 22.5. The van der Waals surface area contributed by atoms with Crippen molar-refractivity contribution in [3.8, 4) is 11.3 Å². The Balaban J connectivity index is 1.63. The lowest BCUT2D eigenvalue weighted by Crippen LogP contribution is -2.44. The normalized spacial score (nSPS) is 18.8. The van der Waals surface area contributed by atoms with Gasteiger partial charge in [-0.25, -0.2) is 9.18 Å². The number of aromatic nitrogens is 1. The van der Waals surface area contributed by atoms with E-state index in [9.17, 15) is 19.1 Å². The molecule has 2 aromatic carbocycles. The minimum absolute atomic E-state index is 0.0268.